The maximum atomic E-state index is 10.8. The molecule has 21 heavy (non-hydrogen) atoms. The van der Waals surface area contributed by atoms with Gasteiger partial charge in [-0.3, -0.25) is 9.36 Å². The molecule has 0 radical (unpaired) electrons. The van der Waals surface area contributed by atoms with Gasteiger partial charge in [0.15, 0.2) is 10.8 Å². The molecule has 2 heterocycles. The monoisotopic (exact) mass is 309 g/mol. The van der Waals surface area contributed by atoms with Crippen LogP contribution >= 0.6 is 11.8 Å². The van der Waals surface area contributed by atoms with Crippen molar-refractivity contribution in [2.45, 2.75) is 25.0 Å². The second kappa shape index (κ2) is 6.91. The first-order chi connectivity index (χ1) is 10.0. The van der Waals surface area contributed by atoms with Gasteiger partial charge in [0.25, 0.3) is 0 Å². The van der Waals surface area contributed by atoms with Gasteiger partial charge in [0.2, 0.25) is 0 Å². The van der Waals surface area contributed by atoms with Crippen molar-refractivity contribution in [2.75, 3.05) is 19.5 Å². The summed E-state index contributed by atoms with van der Waals surface area (Å²) in [5.41, 5.74) is 1.54. The van der Waals surface area contributed by atoms with Crippen LogP contribution in [0.25, 0.3) is 11.2 Å². The molecule has 0 aliphatic carbocycles. The smallest absolute Gasteiger partial charge is 0.313 e. The number of hydrogen-bond donors (Lipinski definition) is 1. The standard InChI is InChI=1S/C14H19N3O3S/c1-9(2)11(7-20-3)17-13-10(5-4-6-15-13)16-14(17)21-8-12(18)19/h4-6,9,11H,7-8H2,1-3H3,(H,18,19). The Morgan fingerprint density at radius 1 is 1.52 bits per heavy atom. The number of rotatable bonds is 7. The Morgan fingerprint density at radius 2 is 2.29 bits per heavy atom. The van der Waals surface area contributed by atoms with Crippen molar-refractivity contribution in [3.8, 4) is 0 Å². The Kier molecular flexibility index (Phi) is 5.19. The van der Waals surface area contributed by atoms with Gasteiger partial charge >= 0.3 is 5.97 Å². The summed E-state index contributed by atoms with van der Waals surface area (Å²) >= 11 is 1.21. The second-order valence-corrected chi connectivity index (χ2v) is 6.00. The maximum absolute atomic E-state index is 10.8. The van der Waals surface area contributed by atoms with E-state index in [9.17, 15) is 4.79 Å². The number of hydrogen-bond acceptors (Lipinski definition) is 5. The highest BCUT2D eigenvalue weighted by Crippen LogP contribution is 2.30. The van der Waals surface area contributed by atoms with E-state index in [1.165, 1.54) is 11.8 Å². The zero-order valence-electron chi connectivity index (χ0n) is 12.3. The Labute approximate surface area is 127 Å². The molecule has 0 saturated heterocycles. The van der Waals surface area contributed by atoms with Crippen LogP contribution in [0, 0.1) is 5.92 Å². The third-order valence-electron chi connectivity index (χ3n) is 3.18. The molecule has 114 valence electrons. The number of fused-ring (bicyclic) bond motifs is 1. The normalized spacial score (nSPS) is 13.0. The number of pyridine rings is 1. The number of aromatic nitrogens is 3. The lowest BCUT2D eigenvalue weighted by molar-refractivity contribution is -0.133. The summed E-state index contributed by atoms with van der Waals surface area (Å²) in [6, 6.07) is 3.77. The molecule has 6 nitrogen and oxygen atoms in total. The van der Waals surface area contributed by atoms with Crippen LogP contribution in [0.3, 0.4) is 0 Å². The van der Waals surface area contributed by atoms with Gasteiger partial charge in [-0.05, 0) is 18.1 Å². The van der Waals surface area contributed by atoms with Crippen molar-refractivity contribution in [2.24, 2.45) is 5.92 Å². The van der Waals surface area contributed by atoms with Crippen LogP contribution in [0.5, 0.6) is 0 Å². The average molecular weight is 309 g/mol. The van der Waals surface area contributed by atoms with Crippen LogP contribution in [0.2, 0.25) is 0 Å². The molecular weight excluding hydrogens is 290 g/mol. The molecule has 2 aromatic rings. The van der Waals surface area contributed by atoms with Gasteiger partial charge in [-0.25, -0.2) is 9.97 Å². The number of carboxylic acid groups (broad SMARTS) is 1. The molecule has 0 saturated carbocycles. The molecular formula is C14H19N3O3S. The van der Waals surface area contributed by atoms with Gasteiger partial charge in [-0.15, -0.1) is 0 Å². The lowest BCUT2D eigenvalue weighted by atomic mass is 10.1. The molecule has 1 unspecified atom stereocenters. The van der Waals surface area contributed by atoms with Gasteiger partial charge in [-0.2, -0.15) is 0 Å². The van der Waals surface area contributed by atoms with E-state index in [4.69, 9.17) is 9.84 Å². The SMILES string of the molecule is COCC(C(C)C)n1c(SCC(=O)O)nc2cccnc21. The minimum atomic E-state index is -0.862. The van der Waals surface area contributed by atoms with Gasteiger partial charge in [0.1, 0.15) is 5.52 Å². The fraction of sp³-hybridized carbons (Fsp3) is 0.500. The number of nitrogens with zero attached hydrogens (tertiary/aromatic N) is 3. The fourth-order valence-corrected chi connectivity index (χ4v) is 2.95. The molecule has 2 aromatic heterocycles. The Bertz CT molecular complexity index is 627. The molecule has 0 aromatic carbocycles. The van der Waals surface area contributed by atoms with E-state index in [0.29, 0.717) is 17.7 Å². The number of carbonyl (C=O) groups is 1. The Hall–Kier alpha value is -1.60. The van der Waals surface area contributed by atoms with Crippen LogP contribution in [-0.4, -0.2) is 45.1 Å². The number of aliphatic carboxylic acids is 1. The first kappa shape index (κ1) is 15.8. The molecule has 2 rings (SSSR count). The Balaban J connectivity index is 2.50. The summed E-state index contributed by atoms with van der Waals surface area (Å²) in [5, 5.41) is 9.56. The number of imidazole rings is 1. The van der Waals surface area contributed by atoms with Gasteiger partial charge in [-0.1, -0.05) is 25.6 Å². The number of carboxylic acids is 1. The maximum Gasteiger partial charge on any atom is 0.313 e. The van der Waals surface area contributed by atoms with Crippen molar-refractivity contribution < 1.29 is 14.6 Å². The lowest BCUT2D eigenvalue weighted by Crippen LogP contribution is -2.21. The number of ether oxygens (including phenoxy) is 1. The molecule has 1 N–H and O–H groups in total. The first-order valence-corrected chi connectivity index (χ1v) is 7.69. The molecule has 0 fully saturated rings. The second-order valence-electron chi connectivity index (χ2n) is 5.06. The molecule has 0 aliphatic rings. The largest absolute Gasteiger partial charge is 0.481 e. The van der Waals surface area contributed by atoms with E-state index in [0.717, 1.165) is 11.2 Å². The molecule has 0 amide bonds. The van der Waals surface area contributed by atoms with Crippen LogP contribution < -0.4 is 0 Å². The molecule has 0 bridgehead atoms. The highest BCUT2D eigenvalue weighted by molar-refractivity contribution is 7.99. The van der Waals surface area contributed by atoms with Crippen molar-refractivity contribution >= 4 is 28.9 Å². The molecule has 0 aliphatic heterocycles. The third kappa shape index (κ3) is 3.54. The molecule has 1 atom stereocenters. The molecule has 0 spiro atoms. The number of methoxy groups -OCH3 is 1. The van der Waals surface area contributed by atoms with E-state index in [-0.39, 0.29) is 11.8 Å². The minimum absolute atomic E-state index is 0.0267. The highest BCUT2D eigenvalue weighted by atomic mass is 32.2. The predicted octanol–water partition coefficient (Wildman–Crippen LogP) is 2.45. The van der Waals surface area contributed by atoms with Gasteiger partial charge in [0.05, 0.1) is 18.4 Å². The average Bonchev–Trinajstić information content (AvgIpc) is 2.80. The zero-order valence-corrected chi connectivity index (χ0v) is 13.1. The van der Waals surface area contributed by atoms with Crippen LogP contribution in [0.15, 0.2) is 23.5 Å². The molecule has 7 heteroatoms. The summed E-state index contributed by atoms with van der Waals surface area (Å²) < 4.78 is 7.31. The summed E-state index contributed by atoms with van der Waals surface area (Å²) in [6.45, 7) is 4.73. The summed E-state index contributed by atoms with van der Waals surface area (Å²) in [7, 11) is 1.66. The minimum Gasteiger partial charge on any atom is -0.481 e. The van der Waals surface area contributed by atoms with Crippen molar-refractivity contribution in [3.05, 3.63) is 18.3 Å². The van der Waals surface area contributed by atoms with Gasteiger partial charge < -0.3 is 9.84 Å². The third-order valence-corrected chi connectivity index (χ3v) is 4.12. The zero-order chi connectivity index (χ0) is 15.4. The summed E-state index contributed by atoms with van der Waals surface area (Å²) in [6.07, 6.45) is 1.72. The fourth-order valence-electron chi connectivity index (χ4n) is 2.17. The van der Waals surface area contributed by atoms with Gasteiger partial charge in [0, 0.05) is 13.3 Å². The quantitative estimate of drug-likeness (QED) is 0.792. The van der Waals surface area contributed by atoms with E-state index in [1.807, 2.05) is 16.7 Å². The van der Waals surface area contributed by atoms with Crippen LogP contribution in [0.1, 0.15) is 19.9 Å². The van der Waals surface area contributed by atoms with Crippen LogP contribution in [0.4, 0.5) is 0 Å². The lowest BCUT2D eigenvalue weighted by Gasteiger charge is -2.23. The predicted molar refractivity (Wildman–Crippen MR) is 81.6 cm³/mol. The first-order valence-electron chi connectivity index (χ1n) is 6.71. The van der Waals surface area contributed by atoms with Crippen LogP contribution in [-0.2, 0) is 9.53 Å². The topological polar surface area (TPSA) is 77.2 Å². The highest BCUT2D eigenvalue weighted by Gasteiger charge is 2.23. The van der Waals surface area contributed by atoms with E-state index in [2.05, 4.69) is 23.8 Å². The van der Waals surface area contributed by atoms with E-state index >= 15 is 0 Å². The van der Waals surface area contributed by atoms with E-state index in [1.54, 1.807) is 13.3 Å². The Morgan fingerprint density at radius 3 is 2.90 bits per heavy atom. The van der Waals surface area contributed by atoms with Crippen molar-refractivity contribution in [1.82, 2.24) is 14.5 Å². The van der Waals surface area contributed by atoms with Crippen molar-refractivity contribution in [3.63, 3.8) is 0 Å². The number of thioether (sulfide) groups is 1. The van der Waals surface area contributed by atoms with E-state index < -0.39 is 5.97 Å². The van der Waals surface area contributed by atoms with Crippen molar-refractivity contribution in [1.29, 1.82) is 0 Å². The summed E-state index contributed by atoms with van der Waals surface area (Å²) in [5.74, 6) is -0.575. The summed E-state index contributed by atoms with van der Waals surface area (Å²) in [4.78, 5) is 19.7.